The summed E-state index contributed by atoms with van der Waals surface area (Å²) in [4.78, 5) is 12.9. The second kappa shape index (κ2) is 7.70. The summed E-state index contributed by atoms with van der Waals surface area (Å²) in [6.45, 7) is 11.2. The fraction of sp³-hybridized carbons (Fsp3) is 0.562. The van der Waals surface area contributed by atoms with Crippen LogP contribution in [0.15, 0.2) is 29.2 Å². The molecular formula is C16H26N2OS. The SMILES string of the molecule is CCNC(C)c1cccc(SCC(=O)NC(C)(C)C)c1. The van der Waals surface area contributed by atoms with Crippen molar-refractivity contribution in [2.24, 2.45) is 0 Å². The van der Waals surface area contributed by atoms with Gasteiger partial charge in [0.2, 0.25) is 5.91 Å². The van der Waals surface area contributed by atoms with E-state index in [1.54, 1.807) is 11.8 Å². The van der Waals surface area contributed by atoms with Crippen LogP contribution in [0.2, 0.25) is 0 Å². The molecule has 1 unspecified atom stereocenters. The van der Waals surface area contributed by atoms with Crippen molar-refractivity contribution < 1.29 is 4.79 Å². The van der Waals surface area contributed by atoms with E-state index in [0.717, 1.165) is 11.4 Å². The fourth-order valence-electron chi connectivity index (χ4n) is 1.90. The van der Waals surface area contributed by atoms with Gasteiger partial charge in [0.1, 0.15) is 0 Å². The minimum Gasteiger partial charge on any atom is -0.351 e. The Hall–Kier alpha value is -1.00. The second-order valence-corrected chi connectivity index (χ2v) is 6.99. The first-order valence-corrected chi connectivity index (χ1v) is 8.07. The molecular weight excluding hydrogens is 268 g/mol. The molecule has 4 heteroatoms. The van der Waals surface area contributed by atoms with Crippen molar-refractivity contribution in [2.45, 2.75) is 51.1 Å². The summed E-state index contributed by atoms with van der Waals surface area (Å²) in [6.07, 6.45) is 0. The largest absolute Gasteiger partial charge is 0.351 e. The third-order valence-electron chi connectivity index (χ3n) is 2.75. The van der Waals surface area contributed by atoms with Crippen molar-refractivity contribution in [3.63, 3.8) is 0 Å². The predicted molar refractivity (Wildman–Crippen MR) is 87.2 cm³/mol. The number of amides is 1. The molecule has 1 amide bonds. The predicted octanol–water partition coefficient (Wildman–Crippen LogP) is 3.36. The zero-order chi connectivity index (χ0) is 15.2. The van der Waals surface area contributed by atoms with Gasteiger partial charge in [0.25, 0.3) is 0 Å². The number of rotatable bonds is 6. The Morgan fingerprint density at radius 2 is 2.05 bits per heavy atom. The Morgan fingerprint density at radius 3 is 2.65 bits per heavy atom. The van der Waals surface area contributed by atoms with Gasteiger partial charge in [-0.2, -0.15) is 0 Å². The Bertz CT molecular complexity index is 440. The van der Waals surface area contributed by atoms with Gasteiger partial charge < -0.3 is 10.6 Å². The molecule has 0 aliphatic rings. The highest BCUT2D eigenvalue weighted by atomic mass is 32.2. The monoisotopic (exact) mass is 294 g/mol. The Morgan fingerprint density at radius 1 is 1.35 bits per heavy atom. The van der Waals surface area contributed by atoms with Gasteiger partial charge in [0, 0.05) is 16.5 Å². The summed E-state index contributed by atoms with van der Waals surface area (Å²) in [7, 11) is 0. The summed E-state index contributed by atoms with van der Waals surface area (Å²) in [5, 5.41) is 6.37. The molecule has 112 valence electrons. The standard InChI is InChI=1S/C16H26N2OS/c1-6-17-12(2)13-8-7-9-14(10-13)20-11-15(19)18-16(3,4)5/h7-10,12,17H,6,11H2,1-5H3,(H,18,19). The van der Waals surface area contributed by atoms with Crippen molar-refractivity contribution in [2.75, 3.05) is 12.3 Å². The van der Waals surface area contributed by atoms with Crippen LogP contribution in [0.25, 0.3) is 0 Å². The van der Waals surface area contributed by atoms with Crippen LogP contribution in [0.3, 0.4) is 0 Å². The molecule has 2 N–H and O–H groups in total. The zero-order valence-corrected chi connectivity index (χ0v) is 13.9. The van der Waals surface area contributed by atoms with Crippen molar-refractivity contribution in [1.82, 2.24) is 10.6 Å². The molecule has 1 atom stereocenters. The molecule has 1 aromatic carbocycles. The average molecular weight is 294 g/mol. The van der Waals surface area contributed by atoms with Gasteiger partial charge in [-0.3, -0.25) is 4.79 Å². The maximum absolute atomic E-state index is 11.8. The summed E-state index contributed by atoms with van der Waals surface area (Å²) in [6, 6.07) is 8.71. The van der Waals surface area contributed by atoms with E-state index in [1.807, 2.05) is 26.8 Å². The maximum atomic E-state index is 11.8. The number of hydrogen-bond donors (Lipinski definition) is 2. The highest BCUT2D eigenvalue weighted by molar-refractivity contribution is 8.00. The van der Waals surface area contributed by atoms with Crippen LogP contribution in [-0.2, 0) is 4.79 Å². The minimum absolute atomic E-state index is 0.0765. The molecule has 0 saturated heterocycles. The maximum Gasteiger partial charge on any atom is 0.230 e. The quantitative estimate of drug-likeness (QED) is 0.790. The number of thioether (sulfide) groups is 1. The Labute approximate surface area is 126 Å². The highest BCUT2D eigenvalue weighted by Crippen LogP contribution is 2.22. The van der Waals surface area contributed by atoms with E-state index in [9.17, 15) is 4.79 Å². The molecule has 0 bridgehead atoms. The smallest absolute Gasteiger partial charge is 0.230 e. The van der Waals surface area contributed by atoms with Gasteiger partial charge in [0.05, 0.1) is 5.75 Å². The first kappa shape index (κ1) is 17.1. The van der Waals surface area contributed by atoms with Crippen LogP contribution in [-0.4, -0.2) is 23.7 Å². The number of benzene rings is 1. The molecule has 0 aromatic heterocycles. The number of hydrogen-bond acceptors (Lipinski definition) is 3. The van der Waals surface area contributed by atoms with E-state index < -0.39 is 0 Å². The lowest BCUT2D eigenvalue weighted by Gasteiger charge is -2.20. The first-order chi connectivity index (χ1) is 9.31. The zero-order valence-electron chi connectivity index (χ0n) is 13.1. The lowest BCUT2D eigenvalue weighted by atomic mass is 10.1. The average Bonchev–Trinajstić information content (AvgIpc) is 2.35. The number of carbonyl (C=O) groups excluding carboxylic acids is 1. The van der Waals surface area contributed by atoms with E-state index in [0.29, 0.717) is 11.8 Å². The molecule has 1 aromatic rings. The van der Waals surface area contributed by atoms with Crippen LogP contribution in [0.4, 0.5) is 0 Å². The summed E-state index contributed by atoms with van der Waals surface area (Å²) < 4.78 is 0. The minimum atomic E-state index is -0.168. The lowest BCUT2D eigenvalue weighted by Crippen LogP contribution is -2.41. The summed E-state index contributed by atoms with van der Waals surface area (Å²) >= 11 is 1.58. The Kier molecular flexibility index (Phi) is 6.56. The van der Waals surface area contributed by atoms with Gasteiger partial charge in [-0.05, 0) is 51.9 Å². The van der Waals surface area contributed by atoms with Crippen LogP contribution < -0.4 is 10.6 Å². The molecule has 0 spiro atoms. The third-order valence-corrected chi connectivity index (χ3v) is 3.75. The van der Waals surface area contributed by atoms with E-state index in [4.69, 9.17) is 0 Å². The van der Waals surface area contributed by atoms with Gasteiger partial charge in [-0.15, -0.1) is 11.8 Å². The van der Waals surface area contributed by atoms with Gasteiger partial charge in [0.15, 0.2) is 0 Å². The molecule has 0 saturated carbocycles. The second-order valence-electron chi connectivity index (χ2n) is 5.94. The number of nitrogens with one attached hydrogen (secondary N) is 2. The fourth-order valence-corrected chi connectivity index (χ4v) is 2.67. The highest BCUT2D eigenvalue weighted by Gasteiger charge is 2.13. The molecule has 0 aliphatic heterocycles. The Balaban J connectivity index is 2.56. The van der Waals surface area contributed by atoms with Crippen LogP contribution in [0.1, 0.15) is 46.2 Å². The summed E-state index contributed by atoms with van der Waals surface area (Å²) in [5.74, 6) is 0.531. The van der Waals surface area contributed by atoms with Crippen molar-refractivity contribution in [3.05, 3.63) is 29.8 Å². The van der Waals surface area contributed by atoms with Gasteiger partial charge in [-0.25, -0.2) is 0 Å². The number of carbonyl (C=O) groups is 1. The van der Waals surface area contributed by atoms with Crippen LogP contribution in [0.5, 0.6) is 0 Å². The molecule has 0 aliphatic carbocycles. The van der Waals surface area contributed by atoms with Crippen molar-refractivity contribution >= 4 is 17.7 Å². The van der Waals surface area contributed by atoms with Gasteiger partial charge in [-0.1, -0.05) is 19.1 Å². The van der Waals surface area contributed by atoms with Crippen LogP contribution >= 0.6 is 11.8 Å². The molecule has 0 radical (unpaired) electrons. The van der Waals surface area contributed by atoms with E-state index in [1.165, 1.54) is 5.56 Å². The van der Waals surface area contributed by atoms with Crippen molar-refractivity contribution in [3.8, 4) is 0 Å². The van der Waals surface area contributed by atoms with Crippen molar-refractivity contribution in [1.29, 1.82) is 0 Å². The molecule has 20 heavy (non-hydrogen) atoms. The normalized spacial score (nSPS) is 13.1. The first-order valence-electron chi connectivity index (χ1n) is 7.09. The summed E-state index contributed by atoms with van der Waals surface area (Å²) in [5.41, 5.74) is 1.09. The molecule has 1 rings (SSSR count). The lowest BCUT2D eigenvalue weighted by molar-refractivity contribution is -0.119. The van der Waals surface area contributed by atoms with E-state index in [-0.39, 0.29) is 11.4 Å². The molecule has 3 nitrogen and oxygen atoms in total. The van der Waals surface area contributed by atoms with E-state index in [2.05, 4.69) is 42.7 Å². The van der Waals surface area contributed by atoms with Crippen LogP contribution in [0, 0.1) is 0 Å². The van der Waals surface area contributed by atoms with E-state index >= 15 is 0 Å². The molecule has 0 fully saturated rings. The molecule has 0 heterocycles. The topological polar surface area (TPSA) is 41.1 Å². The van der Waals surface area contributed by atoms with Gasteiger partial charge >= 0.3 is 0 Å². The third kappa shape index (κ3) is 6.44.